The maximum Gasteiger partial charge on any atom is 0.226 e. The van der Waals surface area contributed by atoms with Gasteiger partial charge in [-0.3, -0.25) is 4.79 Å². The highest BCUT2D eigenvalue weighted by molar-refractivity contribution is 5.79. The summed E-state index contributed by atoms with van der Waals surface area (Å²) in [6, 6.07) is 7.97. The molecule has 1 heterocycles. The first-order valence-electron chi connectivity index (χ1n) is 6.80. The molecule has 0 aromatic heterocycles. The van der Waals surface area contributed by atoms with Crippen molar-refractivity contribution in [3.8, 4) is 5.75 Å². The summed E-state index contributed by atoms with van der Waals surface area (Å²) in [6.07, 6.45) is 1.78. The first kappa shape index (κ1) is 13.9. The SMILES string of the molecule is COc1ccccc1CCN(C)C(=O)[C@@H]1CCNC1. The Morgan fingerprint density at radius 2 is 2.26 bits per heavy atom. The standard InChI is InChI=1S/C15H22N2O2/c1-17(15(18)13-7-9-16-11-13)10-8-12-5-3-4-6-14(12)19-2/h3-6,13,16H,7-11H2,1-2H3/t13-/m1/s1. The lowest BCUT2D eigenvalue weighted by Gasteiger charge is -2.21. The molecule has 1 aromatic carbocycles. The normalized spacial score (nSPS) is 18.3. The maximum absolute atomic E-state index is 12.2. The quantitative estimate of drug-likeness (QED) is 0.870. The predicted octanol–water partition coefficient (Wildman–Crippen LogP) is 1.31. The van der Waals surface area contributed by atoms with Crippen LogP contribution in [0.5, 0.6) is 5.75 Å². The van der Waals surface area contributed by atoms with Crippen LogP contribution in [0.2, 0.25) is 0 Å². The third kappa shape index (κ3) is 3.47. The van der Waals surface area contributed by atoms with Gasteiger partial charge in [0, 0.05) is 20.1 Å². The van der Waals surface area contributed by atoms with Crippen LogP contribution in [0.15, 0.2) is 24.3 Å². The van der Waals surface area contributed by atoms with Crippen molar-refractivity contribution in [3.05, 3.63) is 29.8 Å². The van der Waals surface area contributed by atoms with E-state index >= 15 is 0 Å². The Bertz CT molecular complexity index is 428. The van der Waals surface area contributed by atoms with Crippen molar-refractivity contribution >= 4 is 5.91 Å². The second-order valence-corrected chi connectivity index (χ2v) is 5.01. The average Bonchev–Trinajstić information content (AvgIpc) is 2.98. The van der Waals surface area contributed by atoms with Gasteiger partial charge in [-0.05, 0) is 31.0 Å². The lowest BCUT2D eigenvalue weighted by molar-refractivity contribution is -0.133. The molecule has 4 heteroatoms. The van der Waals surface area contributed by atoms with E-state index in [-0.39, 0.29) is 11.8 Å². The van der Waals surface area contributed by atoms with Crippen LogP contribution in [0.3, 0.4) is 0 Å². The minimum absolute atomic E-state index is 0.155. The Labute approximate surface area is 114 Å². The van der Waals surface area contributed by atoms with E-state index in [1.54, 1.807) is 7.11 Å². The average molecular weight is 262 g/mol. The van der Waals surface area contributed by atoms with Crippen LogP contribution in [0.25, 0.3) is 0 Å². The fourth-order valence-corrected chi connectivity index (χ4v) is 2.48. The Kier molecular flexibility index (Phi) is 4.80. The van der Waals surface area contributed by atoms with Crippen LogP contribution < -0.4 is 10.1 Å². The molecule has 1 N–H and O–H groups in total. The first-order chi connectivity index (χ1) is 9.22. The molecule has 1 atom stereocenters. The van der Waals surface area contributed by atoms with Crippen LogP contribution in [0, 0.1) is 5.92 Å². The molecule has 1 aromatic rings. The Morgan fingerprint density at radius 1 is 1.47 bits per heavy atom. The third-order valence-electron chi connectivity index (χ3n) is 3.69. The summed E-state index contributed by atoms with van der Waals surface area (Å²) in [6.45, 7) is 2.50. The summed E-state index contributed by atoms with van der Waals surface area (Å²) in [5.41, 5.74) is 1.15. The van der Waals surface area contributed by atoms with Gasteiger partial charge in [-0.2, -0.15) is 0 Å². The van der Waals surface area contributed by atoms with E-state index in [0.29, 0.717) is 0 Å². The van der Waals surface area contributed by atoms with Gasteiger partial charge in [-0.25, -0.2) is 0 Å². The first-order valence-corrected chi connectivity index (χ1v) is 6.80. The van der Waals surface area contributed by atoms with Gasteiger partial charge in [0.25, 0.3) is 0 Å². The van der Waals surface area contributed by atoms with Gasteiger partial charge in [0.1, 0.15) is 5.75 Å². The molecule has 1 aliphatic rings. The number of hydrogen-bond acceptors (Lipinski definition) is 3. The fraction of sp³-hybridized carbons (Fsp3) is 0.533. The van der Waals surface area contributed by atoms with Crippen LogP contribution in [-0.2, 0) is 11.2 Å². The number of amides is 1. The van der Waals surface area contributed by atoms with E-state index in [2.05, 4.69) is 5.32 Å². The second-order valence-electron chi connectivity index (χ2n) is 5.01. The molecule has 4 nitrogen and oxygen atoms in total. The highest BCUT2D eigenvalue weighted by atomic mass is 16.5. The fourth-order valence-electron chi connectivity index (χ4n) is 2.48. The predicted molar refractivity (Wildman–Crippen MR) is 75.3 cm³/mol. The molecular formula is C15H22N2O2. The van der Waals surface area contributed by atoms with Crippen LogP contribution in [0.1, 0.15) is 12.0 Å². The highest BCUT2D eigenvalue weighted by Gasteiger charge is 2.25. The highest BCUT2D eigenvalue weighted by Crippen LogP contribution is 2.18. The number of nitrogens with one attached hydrogen (secondary N) is 1. The summed E-state index contributed by atoms with van der Waals surface area (Å²) < 4.78 is 5.32. The molecule has 1 aliphatic heterocycles. The zero-order valence-corrected chi connectivity index (χ0v) is 11.7. The minimum Gasteiger partial charge on any atom is -0.496 e. The number of ether oxygens (including phenoxy) is 1. The number of nitrogens with zero attached hydrogens (tertiary/aromatic N) is 1. The molecule has 1 saturated heterocycles. The summed E-state index contributed by atoms with van der Waals surface area (Å²) in [5.74, 6) is 1.30. The number of hydrogen-bond donors (Lipinski definition) is 1. The van der Waals surface area contributed by atoms with Crippen molar-refractivity contribution in [2.45, 2.75) is 12.8 Å². The zero-order chi connectivity index (χ0) is 13.7. The molecule has 0 radical (unpaired) electrons. The van der Waals surface area contributed by atoms with E-state index in [4.69, 9.17) is 4.74 Å². The van der Waals surface area contributed by atoms with Gasteiger partial charge >= 0.3 is 0 Å². The Balaban J connectivity index is 1.88. The van der Waals surface area contributed by atoms with Gasteiger partial charge in [-0.15, -0.1) is 0 Å². The minimum atomic E-state index is 0.155. The molecule has 0 bridgehead atoms. The van der Waals surface area contributed by atoms with Gasteiger partial charge in [0.15, 0.2) is 0 Å². The van der Waals surface area contributed by atoms with Crippen molar-refractivity contribution in [2.75, 3.05) is 33.8 Å². The summed E-state index contributed by atoms with van der Waals surface area (Å²) in [4.78, 5) is 14.0. The maximum atomic E-state index is 12.2. The third-order valence-corrected chi connectivity index (χ3v) is 3.69. The molecule has 0 unspecified atom stereocenters. The second kappa shape index (κ2) is 6.57. The van der Waals surface area contributed by atoms with Gasteiger partial charge in [0.05, 0.1) is 13.0 Å². The van der Waals surface area contributed by atoms with Crippen molar-refractivity contribution in [1.82, 2.24) is 10.2 Å². The van der Waals surface area contributed by atoms with Gasteiger partial charge in [0.2, 0.25) is 5.91 Å². The molecule has 0 spiro atoms. The van der Waals surface area contributed by atoms with Crippen LogP contribution in [-0.4, -0.2) is 44.6 Å². The van der Waals surface area contributed by atoms with E-state index in [1.165, 1.54) is 0 Å². The largest absolute Gasteiger partial charge is 0.496 e. The van der Waals surface area contributed by atoms with Crippen LogP contribution >= 0.6 is 0 Å². The number of benzene rings is 1. The molecular weight excluding hydrogens is 240 g/mol. The van der Waals surface area contributed by atoms with E-state index < -0.39 is 0 Å². The van der Waals surface area contributed by atoms with Gasteiger partial charge < -0.3 is 15.0 Å². The van der Waals surface area contributed by atoms with Crippen molar-refractivity contribution < 1.29 is 9.53 Å². The molecule has 1 amide bonds. The molecule has 2 rings (SSSR count). The number of methoxy groups -OCH3 is 1. The molecule has 1 fully saturated rings. The zero-order valence-electron chi connectivity index (χ0n) is 11.7. The van der Waals surface area contributed by atoms with Crippen molar-refractivity contribution in [2.24, 2.45) is 5.92 Å². The van der Waals surface area contributed by atoms with Crippen molar-refractivity contribution in [1.29, 1.82) is 0 Å². The number of carbonyl (C=O) groups is 1. The topological polar surface area (TPSA) is 41.6 Å². The van der Waals surface area contributed by atoms with Crippen LogP contribution in [0.4, 0.5) is 0 Å². The van der Waals surface area contributed by atoms with Gasteiger partial charge in [-0.1, -0.05) is 18.2 Å². The summed E-state index contributed by atoms with van der Waals surface area (Å²) in [5, 5.41) is 3.23. The Hall–Kier alpha value is -1.55. The molecule has 0 saturated carbocycles. The number of rotatable bonds is 5. The lowest BCUT2D eigenvalue weighted by Crippen LogP contribution is -2.35. The summed E-state index contributed by atoms with van der Waals surface area (Å²) in [7, 11) is 3.56. The molecule has 19 heavy (non-hydrogen) atoms. The van der Waals surface area contributed by atoms with E-state index in [9.17, 15) is 4.79 Å². The van der Waals surface area contributed by atoms with Crippen molar-refractivity contribution in [3.63, 3.8) is 0 Å². The number of para-hydroxylation sites is 1. The Morgan fingerprint density at radius 3 is 2.95 bits per heavy atom. The number of carbonyl (C=O) groups excluding carboxylic acids is 1. The van der Waals surface area contributed by atoms with E-state index in [1.807, 2.05) is 36.2 Å². The molecule has 0 aliphatic carbocycles. The van der Waals surface area contributed by atoms with E-state index in [0.717, 1.165) is 43.8 Å². The smallest absolute Gasteiger partial charge is 0.226 e. The number of likely N-dealkylation sites (N-methyl/N-ethyl adjacent to an activating group) is 1. The summed E-state index contributed by atoms with van der Waals surface area (Å²) >= 11 is 0. The monoisotopic (exact) mass is 262 g/mol. The molecule has 104 valence electrons. The lowest BCUT2D eigenvalue weighted by atomic mass is 10.1.